The van der Waals surface area contributed by atoms with E-state index >= 15 is 0 Å². The highest BCUT2D eigenvalue weighted by molar-refractivity contribution is 5.23. The Morgan fingerprint density at radius 1 is 1.14 bits per heavy atom. The molecule has 0 aliphatic heterocycles. The van der Waals surface area contributed by atoms with E-state index in [4.69, 9.17) is 4.74 Å². The molecule has 1 rings (SSSR count). The molecular weight excluding hydrogens is 186 g/mol. The Labute approximate surface area is 82.7 Å². The van der Waals surface area contributed by atoms with Crippen molar-refractivity contribution in [1.29, 1.82) is 0 Å². The maximum Gasteiger partial charge on any atom is 0.129 e. The minimum absolute atomic E-state index is 0.253. The normalized spacial score (nSPS) is 10.6. The first kappa shape index (κ1) is 11.0. The summed E-state index contributed by atoms with van der Waals surface area (Å²) < 4.78 is 30.6. The molecule has 0 bridgehead atoms. The van der Waals surface area contributed by atoms with E-state index in [0.717, 1.165) is 12.5 Å². The van der Waals surface area contributed by atoms with Crippen LogP contribution in [-0.2, 0) is 0 Å². The predicted octanol–water partition coefficient (Wildman–Crippen LogP) is 3.39. The highest BCUT2D eigenvalue weighted by Crippen LogP contribution is 2.15. The number of hydrogen-bond acceptors (Lipinski definition) is 1. The highest BCUT2D eigenvalue weighted by atomic mass is 19.1. The molecule has 14 heavy (non-hydrogen) atoms. The van der Waals surface area contributed by atoms with E-state index in [1.807, 2.05) is 0 Å². The van der Waals surface area contributed by atoms with Crippen molar-refractivity contribution >= 4 is 0 Å². The summed E-state index contributed by atoms with van der Waals surface area (Å²) >= 11 is 0. The molecule has 0 aliphatic carbocycles. The highest BCUT2D eigenvalue weighted by Gasteiger charge is 2.01. The zero-order valence-corrected chi connectivity index (χ0v) is 8.39. The summed E-state index contributed by atoms with van der Waals surface area (Å²) in [5.74, 6) is -0.439. The Morgan fingerprint density at radius 3 is 2.21 bits per heavy atom. The molecule has 0 radical (unpaired) electrons. The molecule has 0 unspecified atom stereocenters. The van der Waals surface area contributed by atoms with E-state index in [1.165, 1.54) is 12.1 Å². The summed E-state index contributed by atoms with van der Waals surface area (Å²) in [4.78, 5) is 0. The molecule has 0 atom stereocenters. The summed E-state index contributed by atoms with van der Waals surface area (Å²) in [6.45, 7) is 4.62. The monoisotopic (exact) mass is 200 g/mol. The average Bonchev–Trinajstić information content (AvgIpc) is 2.01. The summed E-state index contributed by atoms with van der Waals surface area (Å²) in [6, 6.07) is 3.20. The van der Waals surface area contributed by atoms with Crippen LogP contribution >= 0.6 is 0 Å². The minimum Gasteiger partial charge on any atom is -0.493 e. The van der Waals surface area contributed by atoms with Crippen LogP contribution in [0.5, 0.6) is 5.75 Å². The van der Waals surface area contributed by atoms with E-state index in [0.29, 0.717) is 12.5 Å². The molecule has 78 valence electrons. The van der Waals surface area contributed by atoms with Crippen LogP contribution in [0.4, 0.5) is 8.78 Å². The standard InChI is InChI=1S/C11H14F2O/c1-8(2)3-4-14-11-6-9(12)5-10(13)7-11/h5-8H,3-4H2,1-2H3. The van der Waals surface area contributed by atoms with Gasteiger partial charge in [0.05, 0.1) is 6.61 Å². The fraction of sp³-hybridized carbons (Fsp3) is 0.455. The van der Waals surface area contributed by atoms with Gasteiger partial charge >= 0.3 is 0 Å². The van der Waals surface area contributed by atoms with Crippen molar-refractivity contribution in [2.24, 2.45) is 5.92 Å². The zero-order valence-electron chi connectivity index (χ0n) is 8.39. The molecule has 1 nitrogen and oxygen atoms in total. The Kier molecular flexibility index (Phi) is 3.86. The SMILES string of the molecule is CC(C)CCOc1cc(F)cc(F)c1. The van der Waals surface area contributed by atoms with Crippen LogP contribution in [0.1, 0.15) is 20.3 Å². The van der Waals surface area contributed by atoms with Crippen molar-refractivity contribution in [3.63, 3.8) is 0 Å². The van der Waals surface area contributed by atoms with Gasteiger partial charge in [-0.15, -0.1) is 0 Å². The maximum absolute atomic E-state index is 12.7. The third-order valence-corrected chi connectivity index (χ3v) is 1.80. The van der Waals surface area contributed by atoms with Gasteiger partial charge in [-0.05, 0) is 12.3 Å². The predicted molar refractivity (Wildman–Crippen MR) is 51.3 cm³/mol. The molecule has 0 heterocycles. The molecule has 1 aromatic carbocycles. The number of hydrogen-bond donors (Lipinski definition) is 0. The summed E-state index contributed by atoms with van der Waals surface area (Å²) in [5.41, 5.74) is 0. The quantitative estimate of drug-likeness (QED) is 0.723. The van der Waals surface area contributed by atoms with Gasteiger partial charge in [0.25, 0.3) is 0 Å². The fourth-order valence-electron chi connectivity index (χ4n) is 1.02. The zero-order chi connectivity index (χ0) is 10.6. The molecule has 0 N–H and O–H groups in total. The van der Waals surface area contributed by atoms with E-state index < -0.39 is 11.6 Å². The van der Waals surface area contributed by atoms with Crippen LogP contribution in [0.15, 0.2) is 18.2 Å². The van der Waals surface area contributed by atoms with E-state index in [-0.39, 0.29) is 5.75 Å². The average molecular weight is 200 g/mol. The third-order valence-electron chi connectivity index (χ3n) is 1.80. The van der Waals surface area contributed by atoms with Crippen molar-refractivity contribution in [3.8, 4) is 5.75 Å². The molecule has 3 heteroatoms. The van der Waals surface area contributed by atoms with Crippen LogP contribution in [0.3, 0.4) is 0 Å². The molecule has 0 saturated heterocycles. The van der Waals surface area contributed by atoms with Crippen LogP contribution in [0.25, 0.3) is 0 Å². The fourth-order valence-corrected chi connectivity index (χ4v) is 1.02. The van der Waals surface area contributed by atoms with Crippen LogP contribution in [0, 0.1) is 17.6 Å². The summed E-state index contributed by atoms with van der Waals surface area (Å²) in [6.07, 6.45) is 0.873. The Bertz CT molecular complexity index is 277. The first-order valence-corrected chi connectivity index (χ1v) is 4.67. The lowest BCUT2D eigenvalue weighted by Crippen LogP contribution is -2.01. The summed E-state index contributed by atoms with van der Waals surface area (Å²) in [7, 11) is 0. The Morgan fingerprint density at radius 2 is 1.71 bits per heavy atom. The molecule has 0 amide bonds. The molecular formula is C11H14F2O. The second-order valence-corrected chi connectivity index (χ2v) is 3.64. The minimum atomic E-state index is -0.607. The van der Waals surface area contributed by atoms with Crippen LogP contribution < -0.4 is 4.74 Å². The van der Waals surface area contributed by atoms with Gasteiger partial charge in [0, 0.05) is 18.2 Å². The smallest absolute Gasteiger partial charge is 0.129 e. The molecule has 0 aliphatic rings. The van der Waals surface area contributed by atoms with Gasteiger partial charge in [-0.2, -0.15) is 0 Å². The lowest BCUT2D eigenvalue weighted by atomic mass is 10.1. The van der Waals surface area contributed by atoms with Crippen molar-refractivity contribution in [1.82, 2.24) is 0 Å². The van der Waals surface area contributed by atoms with Gasteiger partial charge < -0.3 is 4.74 Å². The van der Waals surface area contributed by atoms with E-state index in [2.05, 4.69) is 13.8 Å². The van der Waals surface area contributed by atoms with E-state index in [9.17, 15) is 8.78 Å². The third kappa shape index (κ3) is 3.73. The molecule has 0 fully saturated rings. The van der Waals surface area contributed by atoms with Gasteiger partial charge in [-0.25, -0.2) is 8.78 Å². The van der Waals surface area contributed by atoms with Crippen molar-refractivity contribution in [3.05, 3.63) is 29.8 Å². The lowest BCUT2D eigenvalue weighted by Gasteiger charge is -2.07. The summed E-state index contributed by atoms with van der Waals surface area (Å²) in [5, 5.41) is 0. The van der Waals surface area contributed by atoms with E-state index in [1.54, 1.807) is 0 Å². The second kappa shape index (κ2) is 4.94. The number of rotatable bonds is 4. The lowest BCUT2D eigenvalue weighted by molar-refractivity contribution is 0.287. The first-order chi connectivity index (χ1) is 6.58. The second-order valence-electron chi connectivity index (χ2n) is 3.64. The first-order valence-electron chi connectivity index (χ1n) is 4.67. The van der Waals surface area contributed by atoms with Crippen LogP contribution in [-0.4, -0.2) is 6.61 Å². The van der Waals surface area contributed by atoms with Gasteiger partial charge in [0.15, 0.2) is 0 Å². The molecule has 0 spiro atoms. The largest absolute Gasteiger partial charge is 0.493 e. The number of halogens is 2. The Balaban J connectivity index is 2.50. The molecule has 1 aromatic rings. The maximum atomic E-state index is 12.7. The Hall–Kier alpha value is -1.12. The topological polar surface area (TPSA) is 9.23 Å². The van der Waals surface area contributed by atoms with Gasteiger partial charge in [0.1, 0.15) is 17.4 Å². The number of benzene rings is 1. The van der Waals surface area contributed by atoms with Crippen molar-refractivity contribution < 1.29 is 13.5 Å². The van der Waals surface area contributed by atoms with Gasteiger partial charge in [0.2, 0.25) is 0 Å². The van der Waals surface area contributed by atoms with Gasteiger partial charge in [-0.3, -0.25) is 0 Å². The molecule has 0 saturated carbocycles. The molecule has 0 aromatic heterocycles. The van der Waals surface area contributed by atoms with Crippen LogP contribution in [0.2, 0.25) is 0 Å². The van der Waals surface area contributed by atoms with Crippen molar-refractivity contribution in [2.45, 2.75) is 20.3 Å². The van der Waals surface area contributed by atoms with Crippen molar-refractivity contribution in [2.75, 3.05) is 6.61 Å². The van der Waals surface area contributed by atoms with Gasteiger partial charge in [-0.1, -0.05) is 13.8 Å². The number of ether oxygens (including phenoxy) is 1.